The average molecular weight is 298 g/mol. The second kappa shape index (κ2) is 5.04. The molecule has 6 unspecified atom stereocenters. The molecule has 3 aliphatic rings. The summed E-state index contributed by atoms with van der Waals surface area (Å²) in [4.78, 5) is 0. The maximum Gasteiger partial charge on any atom is 0.129 e. The van der Waals surface area contributed by atoms with E-state index in [2.05, 4.69) is 26.8 Å². The molecule has 0 bridgehead atoms. The van der Waals surface area contributed by atoms with Gasteiger partial charge in [-0.1, -0.05) is 11.6 Å². The summed E-state index contributed by atoms with van der Waals surface area (Å²) in [5.74, 6) is 0.0903. The van der Waals surface area contributed by atoms with Crippen molar-refractivity contribution < 1.29 is 19.0 Å². The van der Waals surface area contributed by atoms with E-state index in [0.29, 0.717) is 6.42 Å². The Hall–Kier alpha value is -0.450. The van der Waals surface area contributed by atoms with Crippen molar-refractivity contribution in [2.24, 2.45) is 11.3 Å². The van der Waals surface area contributed by atoms with Gasteiger partial charge in [-0.25, -0.2) is 4.39 Å². The number of allylic oxidation sites excluding steroid dienone is 1. The Morgan fingerprint density at radius 3 is 2.62 bits per heavy atom. The van der Waals surface area contributed by atoms with Crippen LogP contribution < -0.4 is 0 Å². The Bertz CT molecular complexity index is 441. The van der Waals surface area contributed by atoms with Crippen molar-refractivity contribution in [1.82, 2.24) is 0 Å². The first-order valence-corrected chi connectivity index (χ1v) is 8.00. The molecule has 1 aliphatic heterocycles. The molecule has 120 valence electrons. The molecule has 1 spiro atoms. The van der Waals surface area contributed by atoms with Gasteiger partial charge in [0, 0.05) is 13.0 Å². The summed E-state index contributed by atoms with van der Waals surface area (Å²) in [6, 6.07) is 0. The normalized spacial score (nSPS) is 47.2. The SMILES string of the molecule is COC1C(O)C(F)CC2(CC2)C1C1(C)OC1CC=C(C)C. The fourth-order valence-electron chi connectivity index (χ4n) is 4.44. The molecule has 3 rings (SSSR count). The second-order valence-electron chi connectivity index (χ2n) is 7.56. The number of halogens is 1. The zero-order valence-electron chi connectivity index (χ0n) is 13.4. The molecule has 2 aliphatic carbocycles. The van der Waals surface area contributed by atoms with Gasteiger partial charge in [0.1, 0.15) is 12.3 Å². The Kier molecular flexibility index (Phi) is 3.70. The third kappa shape index (κ3) is 2.45. The molecule has 0 aromatic heterocycles. The van der Waals surface area contributed by atoms with E-state index in [9.17, 15) is 9.50 Å². The van der Waals surface area contributed by atoms with Crippen LogP contribution in [0.3, 0.4) is 0 Å². The largest absolute Gasteiger partial charge is 0.387 e. The number of hydrogen-bond donors (Lipinski definition) is 1. The summed E-state index contributed by atoms with van der Waals surface area (Å²) >= 11 is 0. The van der Waals surface area contributed by atoms with E-state index in [1.165, 1.54) is 5.57 Å². The third-order valence-electron chi connectivity index (χ3n) is 5.80. The maximum absolute atomic E-state index is 14.1. The number of aliphatic hydroxyl groups is 1. The van der Waals surface area contributed by atoms with E-state index in [1.807, 2.05) is 0 Å². The summed E-state index contributed by atoms with van der Waals surface area (Å²) in [6.07, 6.45) is 3.08. The monoisotopic (exact) mass is 298 g/mol. The molecule has 0 aromatic carbocycles. The Labute approximate surface area is 126 Å². The Balaban J connectivity index is 1.81. The van der Waals surface area contributed by atoms with Gasteiger partial charge in [0.15, 0.2) is 0 Å². The molecule has 1 saturated heterocycles. The number of aliphatic hydroxyl groups excluding tert-OH is 1. The molecule has 1 heterocycles. The first-order valence-electron chi connectivity index (χ1n) is 8.00. The lowest BCUT2D eigenvalue weighted by atomic mass is 9.65. The number of hydrogen-bond acceptors (Lipinski definition) is 3. The van der Waals surface area contributed by atoms with E-state index in [0.717, 1.165) is 19.3 Å². The van der Waals surface area contributed by atoms with Gasteiger partial charge >= 0.3 is 0 Å². The molecule has 6 atom stereocenters. The van der Waals surface area contributed by atoms with Crippen molar-refractivity contribution >= 4 is 0 Å². The third-order valence-corrected chi connectivity index (χ3v) is 5.80. The fraction of sp³-hybridized carbons (Fsp3) is 0.882. The van der Waals surface area contributed by atoms with Gasteiger partial charge in [0.25, 0.3) is 0 Å². The predicted molar refractivity (Wildman–Crippen MR) is 78.8 cm³/mol. The Morgan fingerprint density at radius 2 is 2.10 bits per heavy atom. The fourth-order valence-corrected chi connectivity index (χ4v) is 4.44. The van der Waals surface area contributed by atoms with Crippen molar-refractivity contribution in [2.75, 3.05) is 7.11 Å². The van der Waals surface area contributed by atoms with E-state index in [-0.39, 0.29) is 23.0 Å². The lowest BCUT2D eigenvalue weighted by Gasteiger charge is -2.44. The van der Waals surface area contributed by atoms with Crippen LogP contribution in [0.1, 0.15) is 46.5 Å². The van der Waals surface area contributed by atoms with Crippen LogP contribution in [0.25, 0.3) is 0 Å². The van der Waals surface area contributed by atoms with Gasteiger partial charge in [0.05, 0.1) is 17.8 Å². The molecule has 4 heteroatoms. The lowest BCUT2D eigenvalue weighted by molar-refractivity contribution is -0.145. The van der Waals surface area contributed by atoms with Crippen LogP contribution in [-0.2, 0) is 9.47 Å². The topological polar surface area (TPSA) is 42.0 Å². The molecule has 3 fully saturated rings. The first kappa shape index (κ1) is 15.4. The van der Waals surface area contributed by atoms with Gasteiger partial charge in [-0.15, -0.1) is 0 Å². The van der Waals surface area contributed by atoms with E-state index in [4.69, 9.17) is 9.47 Å². The van der Waals surface area contributed by atoms with Crippen molar-refractivity contribution in [3.8, 4) is 0 Å². The zero-order chi connectivity index (χ0) is 15.4. The van der Waals surface area contributed by atoms with Crippen molar-refractivity contribution in [3.63, 3.8) is 0 Å². The molecule has 0 amide bonds. The van der Waals surface area contributed by atoms with Crippen LogP contribution in [0.2, 0.25) is 0 Å². The number of methoxy groups -OCH3 is 1. The summed E-state index contributed by atoms with van der Waals surface area (Å²) in [6.45, 7) is 6.27. The zero-order valence-corrected chi connectivity index (χ0v) is 13.4. The van der Waals surface area contributed by atoms with Crippen LogP contribution in [-0.4, -0.2) is 42.3 Å². The standard InChI is InChI=1S/C17H27FO3/c1-10(2)5-6-12-16(3,21-12)15-14(20-4)13(19)11(18)9-17(15)7-8-17/h5,11-15,19H,6-9H2,1-4H3. The minimum Gasteiger partial charge on any atom is -0.387 e. The van der Waals surface area contributed by atoms with Gasteiger partial charge in [-0.05, 0) is 51.9 Å². The average Bonchev–Trinajstić information content (AvgIpc) is 3.31. The molecule has 2 saturated carbocycles. The smallest absolute Gasteiger partial charge is 0.129 e. The summed E-state index contributed by atoms with van der Waals surface area (Å²) in [5, 5.41) is 10.2. The number of rotatable bonds is 4. The molecular weight excluding hydrogens is 271 g/mol. The van der Waals surface area contributed by atoms with Crippen molar-refractivity contribution in [3.05, 3.63) is 11.6 Å². The minimum atomic E-state index is -1.17. The van der Waals surface area contributed by atoms with E-state index < -0.39 is 18.4 Å². The highest BCUT2D eigenvalue weighted by atomic mass is 19.1. The van der Waals surface area contributed by atoms with Gasteiger partial charge in [-0.3, -0.25) is 0 Å². The van der Waals surface area contributed by atoms with Crippen LogP contribution in [0, 0.1) is 11.3 Å². The van der Waals surface area contributed by atoms with Gasteiger partial charge in [-0.2, -0.15) is 0 Å². The molecule has 1 N–H and O–H groups in total. The van der Waals surface area contributed by atoms with E-state index in [1.54, 1.807) is 7.11 Å². The summed E-state index contributed by atoms with van der Waals surface area (Å²) < 4.78 is 25.6. The molecule has 0 aromatic rings. The van der Waals surface area contributed by atoms with Crippen molar-refractivity contribution in [1.29, 1.82) is 0 Å². The van der Waals surface area contributed by atoms with Crippen LogP contribution in [0.15, 0.2) is 11.6 Å². The highest BCUT2D eigenvalue weighted by molar-refractivity contribution is 5.21. The predicted octanol–water partition coefficient (Wildman–Crippen LogP) is 3.01. The summed E-state index contributed by atoms with van der Waals surface area (Å²) in [5.41, 5.74) is 0.975. The second-order valence-corrected chi connectivity index (χ2v) is 7.56. The quantitative estimate of drug-likeness (QED) is 0.641. The molecular formula is C17H27FO3. The number of alkyl halides is 1. The molecule has 21 heavy (non-hydrogen) atoms. The lowest BCUT2D eigenvalue weighted by Crippen LogP contribution is -2.55. The van der Waals surface area contributed by atoms with Crippen LogP contribution >= 0.6 is 0 Å². The van der Waals surface area contributed by atoms with E-state index >= 15 is 0 Å². The number of ether oxygens (including phenoxy) is 2. The van der Waals surface area contributed by atoms with Gasteiger partial charge < -0.3 is 14.6 Å². The first-order chi connectivity index (χ1) is 9.84. The maximum atomic E-state index is 14.1. The Morgan fingerprint density at radius 1 is 1.43 bits per heavy atom. The molecule has 3 nitrogen and oxygen atoms in total. The highest BCUT2D eigenvalue weighted by Crippen LogP contribution is 2.67. The minimum absolute atomic E-state index is 0.0200. The van der Waals surface area contributed by atoms with Crippen molar-refractivity contribution in [2.45, 2.75) is 76.5 Å². The summed E-state index contributed by atoms with van der Waals surface area (Å²) in [7, 11) is 1.58. The number of epoxide rings is 1. The molecule has 0 radical (unpaired) electrons. The van der Waals surface area contributed by atoms with Gasteiger partial charge in [0.2, 0.25) is 0 Å². The van der Waals surface area contributed by atoms with Crippen LogP contribution in [0.5, 0.6) is 0 Å². The highest BCUT2D eigenvalue weighted by Gasteiger charge is 2.71. The van der Waals surface area contributed by atoms with Crippen LogP contribution in [0.4, 0.5) is 4.39 Å².